The molecule has 0 aliphatic carbocycles. The van der Waals surface area contributed by atoms with Gasteiger partial charge in [-0.15, -0.1) is 0 Å². The van der Waals surface area contributed by atoms with Crippen LogP contribution in [0.5, 0.6) is 0 Å². The molecule has 0 heterocycles. The first-order valence-electron chi connectivity index (χ1n) is 9.18. The molecule has 0 spiro atoms. The highest BCUT2D eigenvalue weighted by molar-refractivity contribution is 6.31. The predicted molar refractivity (Wildman–Crippen MR) is 118 cm³/mol. The van der Waals surface area contributed by atoms with Crippen molar-refractivity contribution in [3.05, 3.63) is 88.9 Å². The van der Waals surface area contributed by atoms with E-state index in [9.17, 15) is 9.59 Å². The minimum atomic E-state index is -0.608. The Balaban J connectivity index is 1.82. The van der Waals surface area contributed by atoms with Crippen molar-refractivity contribution in [3.8, 4) is 0 Å². The third-order valence-corrected chi connectivity index (χ3v) is 4.76. The molecule has 0 fully saturated rings. The van der Waals surface area contributed by atoms with Crippen molar-refractivity contribution >= 4 is 40.5 Å². The molecule has 0 bridgehead atoms. The molecule has 2 amide bonds. The molecule has 29 heavy (non-hydrogen) atoms. The second-order valence-corrected chi connectivity index (χ2v) is 7.11. The first-order chi connectivity index (χ1) is 13.9. The molecule has 0 radical (unpaired) electrons. The zero-order valence-corrected chi connectivity index (χ0v) is 17.0. The number of carbonyl (C=O) groups is 2. The Hall–Kier alpha value is -3.31. The first-order valence-corrected chi connectivity index (χ1v) is 9.56. The molecule has 0 aliphatic rings. The van der Waals surface area contributed by atoms with Gasteiger partial charge in [0.2, 0.25) is 5.91 Å². The number of carbonyl (C=O) groups excluding carboxylic acids is 2. The Morgan fingerprint density at radius 3 is 2.07 bits per heavy atom. The lowest BCUT2D eigenvalue weighted by molar-refractivity contribution is -0.117. The molecule has 0 aliphatic heterocycles. The maximum atomic E-state index is 13.1. The summed E-state index contributed by atoms with van der Waals surface area (Å²) in [6.45, 7) is 3.37. The second kappa shape index (κ2) is 9.26. The van der Waals surface area contributed by atoms with E-state index >= 15 is 0 Å². The average Bonchev–Trinajstić information content (AvgIpc) is 2.70. The summed E-state index contributed by atoms with van der Waals surface area (Å²) in [7, 11) is 0. The molecular weight excluding hydrogens is 386 g/mol. The number of hydrogen-bond acceptors (Lipinski definition) is 3. The average molecular weight is 408 g/mol. The van der Waals surface area contributed by atoms with Crippen molar-refractivity contribution < 1.29 is 9.59 Å². The molecule has 5 nitrogen and oxygen atoms in total. The van der Waals surface area contributed by atoms with Crippen molar-refractivity contribution in [2.24, 2.45) is 0 Å². The molecule has 6 heteroatoms. The molecule has 0 saturated carbocycles. The summed E-state index contributed by atoms with van der Waals surface area (Å²) in [4.78, 5) is 24.2. The normalized spacial score (nSPS) is 11.4. The number of rotatable bonds is 6. The van der Waals surface area contributed by atoms with E-state index in [0.29, 0.717) is 16.4 Å². The minimum absolute atomic E-state index is 0.135. The second-order valence-electron chi connectivity index (χ2n) is 6.70. The summed E-state index contributed by atoms with van der Waals surface area (Å²) in [5.74, 6) is -0.342. The highest BCUT2D eigenvalue weighted by Crippen LogP contribution is 2.25. The first kappa shape index (κ1) is 20.4. The van der Waals surface area contributed by atoms with Gasteiger partial charge in [0.05, 0.1) is 0 Å². The van der Waals surface area contributed by atoms with Gasteiger partial charge in [-0.3, -0.25) is 9.59 Å². The van der Waals surface area contributed by atoms with Gasteiger partial charge in [-0.25, -0.2) is 0 Å². The van der Waals surface area contributed by atoms with Crippen LogP contribution in [0.4, 0.5) is 17.1 Å². The molecule has 3 aromatic carbocycles. The summed E-state index contributed by atoms with van der Waals surface area (Å²) in [5, 5.41) is 9.51. The van der Waals surface area contributed by atoms with Crippen LogP contribution in [0.2, 0.25) is 5.02 Å². The number of nitrogens with one attached hydrogen (secondary N) is 3. The highest BCUT2D eigenvalue weighted by Gasteiger charge is 2.21. The van der Waals surface area contributed by atoms with Gasteiger partial charge in [0, 0.05) is 29.0 Å². The van der Waals surface area contributed by atoms with Crippen molar-refractivity contribution in [1.29, 1.82) is 0 Å². The monoisotopic (exact) mass is 407 g/mol. The Bertz CT molecular complexity index is 1000. The van der Waals surface area contributed by atoms with Crippen LogP contribution in [0.25, 0.3) is 0 Å². The van der Waals surface area contributed by atoms with Crippen LogP contribution in [-0.2, 0) is 9.59 Å². The zero-order chi connectivity index (χ0) is 20.8. The molecule has 0 saturated heterocycles. The van der Waals surface area contributed by atoms with E-state index in [4.69, 9.17) is 11.6 Å². The predicted octanol–water partition coefficient (Wildman–Crippen LogP) is 5.40. The fraction of sp³-hybridized carbons (Fsp3) is 0.130. The lowest BCUT2D eigenvalue weighted by Gasteiger charge is -2.20. The van der Waals surface area contributed by atoms with Gasteiger partial charge in [-0.1, -0.05) is 48.0 Å². The van der Waals surface area contributed by atoms with Crippen LogP contribution in [0.3, 0.4) is 0 Å². The summed E-state index contributed by atoms with van der Waals surface area (Å²) in [5.41, 5.74) is 3.85. The lowest BCUT2D eigenvalue weighted by Crippen LogP contribution is -2.27. The van der Waals surface area contributed by atoms with Crippen LogP contribution in [0.15, 0.2) is 72.8 Å². The lowest BCUT2D eigenvalue weighted by atomic mass is 10.1. The van der Waals surface area contributed by atoms with Gasteiger partial charge >= 0.3 is 0 Å². The molecule has 3 aromatic rings. The van der Waals surface area contributed by atoms with E-state index in [1.807, 2.05) is 61.5 Å². The van der Waals surface area contributed by atoms with Gasteiger partial charge < -0.3 is 16.0 Å². The quantitative estimate of drug-likeness (QED) is 0.512. The summed E-state index contributed by atoms with van der Waals surface area (Å²) >= 11 is 6.18. The third kappa shape index (κ3) is 5.59. The molecule has 3 N–H and O–H groups in total. The van der Waals surface area contributed by atoms with Crippen LogP contribution >= 0.6 is 11.6 Å². The van der Waals surface area contributed by atoms with Gasteiger partial charge in [0.15, 0.2) is 0 Å². The molecule has 148 valence electrons. The van der Waals surface area contributed by atoms with E-state index < -0.39 is 6.04 Å². The maximum absolute atomic E-state index is 13.1. The Kier molecular flexibility index (Phi) is 6.52. The molecule has 3 rings (SSSR count). The standard InChI is InChI=1S/C23H22ClN3O2/c1-15-8-9-20(14-21(15)24)27-23(29)22(17-6-4-3-5-7-17)26-19-12-10-18(11-13-19)25-16(2)28/h3-14,22,26H,1-2H3,(H,25,28)(H,27,29)/t22-/m1/s1. The van der Waals surface area contributed by atoms with Gasteiger partial charge in [-0.05, 0) is 54.4 Å². The number of anilines is 3. The topological polar surface area (TPSA) is 70.2 Å². The highest BCUT2D eigenvalue weighted by atomic mass is 35.5. The number of amides is 2. The molecule has 0 unspecified atom stereocenters. The number of benzene rings is 3. The molecule has 1 atom stereocenters. The SMILES string of the molecule is CC(=O)Nc1ccc(N[C@@H](C(=O)Nc2ccc(C)c(Cl)c2)c2ccccc2)cc1. The maximum Gasteiger partial charge on any atom is 0.251 e. The van der Waals surface area contributed by atoms with Crippen molar-refractivity contribution in [2.45, 2.75) is 19.9 Å². The van der Waals surface area contributed by atoms with Gasteiger partial charge in [0.25, 0.3) is 5.91 Å². The Labute approximate surface area is 175 Å². The van der Waals surface area contributed by atoms with Crippen LogP contribution < -0.4 is 16.0 Å². The third-order valence-electron chi connectivity index (χ3n) is 4.35. The summed E-state index contributed by atoms with van der Waals surface area (Å²) in [6, 6.07) is 21.5. The van der Waals surface area contributed by atoms with Crippen molar-refractivity contribution in [2.75, 3.05) is 16.0 Å². The number of aryl methyl sites for hydroxylation is 1. The molecular formula is C23H22ClN3O2. The van der Waals surface area contributed by atoms with Crippen molar-refractivity contribution in [3.63, 3.8) is 0 Å². The van der Waals surface area contributed by atoms with E-state index in [1.165, 1.54) is 6.92 Å². The fourth-order valence-corrected chi connectivity index (χ4v) is 3.03. The Morgan fingerprint density at radius 2 is 1.45 bits per heavy atom. The molecule has 0 aromatic heterocycles. The van der Waals surface area contributed by atoms with Crippen LogP contribution in [0.1, 0.15) is 24.1 Å². The largest absolute Gasteiger partial charge is 0.370 e. The van der Waals surface area contributed by atoms with Crippen LogP contribution in [-0.4, -0.2) is 11.8 Å². The summed E-state index contributed by atoms with van der Waals surface area (Å²) in [6.07, 6.45) is 0. The van der Waals surface area contributed by atoms with E-state index in [0.717, 1.165) is 16.8 Å². The van der Waals surface area contributed by atoms with Crippen molar-refractivity contribution in [1.82, 2.24) is 0 Å². The van der Waals surface area contributed by atoms with E-state index in [-0.39, 0.29) is 11.8 Å². The number of halogens is 1. The van der Waals surface area contributed by atoms with Gasteiger partial charge in [0.1, 0.15) is 6.04 Å². The summed E-state index contributed by atoms with van der Waals surface area (Å²) < 4.78 is 0. The van der Waals surface area contributed by atoms with Gasteiger partial charge in [-0.2, -0.15) is 0 Å². The fourth-order valence-electron chi connectivity index (χ4n) is 2.85. The smallest absolute Gasteiger partial charge is 0.251 e. The minimum Gasteiger partial charge on any atom is -0.370 e. The van der Waals surface area contributed by atoms with Crippen LogP contribution in [0, 0.1) is 6.92 Å². The van der Waals surface area contributed by atoms with E-state index in [2.05, 4.69) is 16.0 Å². The van der Waals surface area contributed by atoms with E-state index in [1.54, 1.807) is 18.2 Å². The Morgan fingerprint density at radius 1 is 0.828 bits per heavy atom. The zero-order valence-electron chi connectivity index (χ0n) is 16.2. The number of hydrogen-bond donors (Lipinski definition) is 3.